The minimum Gasteiger partial charge on any atom is -0.495 e. The van der Waals surface area contributed by atoms with E-state index in [9.17, 15) is 18.0 Å². The zero-order valence-electron chi connectivity index (χ0n) is 25.8. The molecule has 4 aromatic rings. The summed E-state index contributed by atoms with van der Waals surface area (Å²) in [4.78, 5) is 29.8. The Bertz CT molecular complexity index is 1700. The number of nitrogens with one attached hydrogen (secondary N) is 1. The normalized spacial score (nSPS) is 12.0. The first-order valence-electron chi connectivity index (χ1n) is 14.6. The average Bonchev–Trinajstić information content (AvgIpc) is 3.02. The molecule has 0 bridgehead atoms. The molecular weight excluding hydrogens is 610 g/mol. The molecule has 4 aromatic carbocycles. The second kappa shape index (κ2) is 15.1. The molecule has 0 heterocycles. The zero-order chi connectivity index (χ0) is 32.6. The summed E-state index contributed by atoms with van der Waals surface area (Å²) >= 11 is 6.34. The van der Waals surface area contributed by atoms with Crippen LogP contribution in [0.15, 0.2) is 108 Å². The number of nitrogens with zero attached hydrogens (tertiary/aromatic N) is 2. The molecule has 4 rings (SSSR count). The van der Waals surface area contributed by atoms with Gasteiger partial charge in [-0.1, -0.05) is 90.0 Å². The van der Waals surface area contributed by atoms with Gasteiger partial charge < -0.3 is 15.0 Å². The first-order chi connectivity index (χ1) is 21.5. The Labute approximate surface area is 270 Å². The number of benzene rings is 4. The third-order valence-electron chi connectivity index (χ3n) is 7.20. The molecule has 0 aliphatic rings. The lowest BCUT2D eigenvalue weighted by Crippen LogP contribution is -2.54. The van der Waals surface area contributed by atoms with Gasteiger partial charge >= 0.3 is 0 Å². The van der Waals surface area contributed by atoms with Crippen LogP contribution in [0.25, 0.3) is 0 Å². The number of ether oxygens (including phenoxy) is 1. The Morgan fingerprint density at radius 1 is 0.867 bits per heavy atom. The summed E-state index contributed by atoms with van der Waals surface area (Å²) in [5.41, 5.74) is 2.79. The molecule has 1 unspecified atom stereocenters. The highest BCUT2D eigenvalue weighted by molar-refractivity contribution is 7.92. The number of amides is 2. The summed E-state index contributed by atoms with van der Waals surface area (Å²) in [6, 6.07) is 28.4. The fraction of sp³-hybridized carbons (Fsp3) is 0.257. The van der Waals surface area contributed by atoms with Crippen LogP contribution in [-0.2, 0) is 32.6 Å². The third-order valence-corrected chi connectivity index (χ3v) is 9.20. The molecule has 1 N–H and O–H groups in total. The molecule has 0 saturated carbocycles. The lowest BCUT2D eigenvalue weighted by atomic mass is 10.0. The van der Waals surface area contributed by atoms with E-state index in [4.69, 9.17) is 16.3 Å². The highest BCUT2D eigenvalue weighted by Crippen LogP contribution is 2.35. The summed E-state index contributed by atoms with van der Waals surface area (Å²) in [5.74, 6) is -0.695. The number of rotatable bonds is 13. The predicted octanol–water partition coefficient (Wildman–Crippen LogP) is 6.02. The lowest BCUT2D eigenvalue weighted by molar-refractivity contribution is -0.140. The van der Waals surface area contributed by atoms with Gasteiger partial charge in [0, 0.05) is 24.0 Å². The van der Waals surface area contributed by atoms with Crippen LogP contribution in [0.5, 0.6) is 5.75 Å². The van der Waals surface area contributed by atoms with Crippen LogP contribution in [0.1, 0.15) is 30.5 Å². The number of aryl methyl sites for hydroxylation is 1. The van der Waals surface area contributed by atoms with E-state index < -0.39 is 28.5 Å². The quantitative estimate of drug-likeness (QED) is 0.192. The van der Waals surface area contributed by atoms with Crippen LogP contribution in [0, 0.1) is 6.92 Å². The smallest absolute Gasteiger partial charge is 0.264 e. The van der Waals surface area contributed by atoms with Crippen molar-refractivity contribution in [2.45, 2.75) is 50.7 Å². The van der Waals surface area contributed by atoms with Gasteiger partial charge in [-0.3, -0.25) is 13.9 Å². The van der Waals surface area contributed by atoms with Crippen molar-refractivity contribution in [1.29, 1.82) is 0 Å². The van der Waals surface area contributed by atoms with Crippen LogP contribution in [-0.4, -0.2) is 50.9 Å². The largest absolute Gasteiger partial charge is 0.495 e. The van der Waals surface area contributed by atoms with Gasteiger partial charge in [0.1, 0.15) is 18.3 Å². The molecule has 10 heteroatoms. The summed E-state index contributed by atoms with van der Waals surface area (Å²) in [5, 5.41) is 3.22. The van der Waals surface area contributed by atoms with E-state index in [-0.39, 0.29) is 46.3 Å². The minimum atomic E-state index is -4.29. The molecule has 8 nitrogen and oxygen atoms in total. The van der Waals surface area contributed by atoms with Crippen molar-refractivity contribution >= 4 is 39.1 Å². The number of hydrogen-bond acceptors (Lipinski definition) is 5. The molecule has 0 radical (unpaired) electrons. The van der Waals surface area contributed by atoms with Gasteiger partial charge in [0.2, 0.25) is 11.8 Å². The first kappa shape index (κ1) is 33.6. The standard InChI is InChI=1S/C35H38ClN3O5S/c1-25(2)37-35(41)32(21-27-11-7-5-8-12-27)38(23-28-17-15-26(3)16-18-28)34(40)24-39(31-22-29(36)19-20-33(31)44-4)45(42,43)30-13-9-6-10-14-30/h5-20,22,25,32H,21,23-24H2,1-4H3,(H,37,41). The number of carbonyl (C=O) groups excluding carboxylic acids is 2. The van der Waals surface area contributed by atoms with Gasteiger partial charge in [-0.15, -0.1) is 0 Å². The number of sulfonamides is 1. The van der Waals surface area contributed by atoms with Crippen molar-refractivity contribution < 1.29 is 22.7 Å². The molecule has 45 heavy (non-hydrogen) atoms. The summed E-state index contributed by atoms with van der Waals surface area (Å²) < 4.78 is 34.9. The number of methoxy groups -OCH3 is 1. The maximum Gasteiger partial charge on any atom is 0.264 e. The highest BCUT2D eigenvalue weighted by atomic mass is 35.5. The Morgan fingerprint density at radius 3 is 2.09 bits per heavy atom. The van der Waals surface area contributed by atoms with Gasteiger partial charge in [-0.25, -0.2) is 8.42 Å². The van der Waals surface area contributed by atoms with Crippen LogP contribution in [0.3, 0.4) is 0 Å². The number of anilines is 1. The second-order valence-electron chi connectivity index (χ2n) is 11.0. The summed E-state index contributed by atoms with van der Waals surface area (Å²) in [6.07, 6.45) is 0.225. The Kier molecular flexibility index (Phi) is 11.3. The van der Waals surface area contributed by atoms with Crippen molar-refractivity contribution in [3.63, 3.8) is 0 Å². The maximum atomic E-state index is 14.5. The van der Waals surface area contributed by atoms with Crippen LogP contribution >= 0.6 is 11.6 Å². The molecule has 236 valence electrons. The van der Waals surface area contributed by atoms with Gasteiger partial charge in [-0.2, -0.15) is 0 Å². The van der Waals surface area contributed by atoms with Crippen LogP contribution in [0.2, 0.25) is 5.02 Å². The topological polar surface area (TPSA) is 96.0 Å². The van der Waals surface area contributed by atoms with Crippen molar-refractivity contribution in [2.75, 3.05) is 18.0 Å². The van der Waals surface area contributed by atoms with Crippen molar-refractivity contribution in [2.24, 2.45) is 0 Å². The van der Waals surface area contributed by atoms with Gasteiger partial charge in [-0.05, 0) is 62.2 Å². The number of halogens is 1. The highest BCUT2D eigenvalue weighted by Gasteiger charge is 2.35. The Morgan fingerprint density at radius 2 is 1.49 bits per heavy atom. The molecule has 0 spiro atoms. The van der Waals surface area contributed by atoms with E-state index in [1.165, 1.54) is 30.2 Å². The zero-order valence-corrected chi connectivity index (χ0v) is 27.4. The van der Waals surface area contributed by atoms with Gasteiger partial charge in [0.05, 0.1) is 17.7 Å². The van der Waals surface area contributed by atoms with Crippen molar-refractivity contribution in [1.82, 2.24) is 10.2 Å². The third kappa shape index (κ3) is 8.65. The maximum absolute atomic E-state index is 14.5. The molecule has 2 amide bonds. The van der Waals surface area contributed by atoms with Gasteiger partial charge in [0.25, 0.3) is 10.0 Å². The fourth-order valence-corrected chi connectivity index (χ4v) is 6.52. The molecule has 0 fully saturated rings. The Hall–Kier alpha value is -4.34. The van der Waals surface area contributed by atoms with Gasteiger partial charge in [0.15, 0.2) is 0 Å². The van der Waals surface area contributed by atoms with E-state index in [1.54, 1.807) is 30.3 Å². The average molecular weight is 648 g/mol. The molecule has 1 atom stereocenters. The molecule has 0 saturated heterocycles. The Balaban J connectivity index is 1.84. The van der Waals surface area contributed by atoms with E-state index in [2.05, 4.69) is 5.32 Å². The van der Waals surface area contributed by atoms with Crippen molar-refractivity contribution in [3.05, 3.63) is 125 Å². The molecular formula is C35H38ClN3O5S. The monoisotopic (exact) mass is 647 g/mol. The fourth-order valence-electron chi connectivity index (χ4n) is 4.92. The van der Waals surface area contributed by atoms with E-state index in [1.807, 2.05) is 75.4 Å². The van der Waals surface area contributed by atoms with Crippen LogP contribution in [0.4, 0.5) is 5.69 Å². The van der Waals surface area contributed by atoms with E-state index >= 15 is 0 Å². The second-order valence-corrected chi connectivity index (χ2v) is 13.3. The minimum absolute atomic E-state index is 0.0108. The first-order valence-corrected chi connectivity index (χ1v) is 16.4. The van der Waals surface area contributed by atoms with E-state index in [0.29, 0.717) is 0 Å². The van der Waals surface area contributed by atoms with Crippen molar-refractivity contribution in [3.8, 4) is 5.75 Å². The number of hydrogen-bond donors (Lipinski definition) is 1. The molecule has 0 aliphatic heterocycles. The lowest BCUT2D eigenvalue weighted by Gasteiger charge is -2.34. The SMILES string of the molecule is COc1ccc(Cl)cc1N(CC(=O)N(Cc1ccc(C)cc1)C(Cc1ccccc1)C(=O)NC(C)C)S(=O)(=O)c1ccccc1. The number of carbonyl (C=O) groups is 2. The van der Waals surface area contributed by atoms with E-state index in [0.717, 1.165) is 21.0 Å². The molecule has 0 aliphatic carbocycles. The molecule has 0 aromatic heterocycles. The summed E-state index contributed by atoms with van der Waals surface area (Å²) in [7, 11) is -2.87. The predicted molar refractivity (Wildman–Crippen MR) is 178 cm³/mol. The van der Waals surface area contributed by atoms with Crippen LogP contribution < -0.4 is 14.4 Å². The summed E-state index contributed by atoms with van der Waals surface area (Å²) in [6.45, 7) is 5.13.